The first-order valence-electron chi connectivity index (χ1n) is 6.03. The van der Waals surface area contributed by atoms with E-state index < -0.39 is 0 Å². The molecule has 1 aliphatic heterocycles. The fraction of sp³-hybridized carbons (Fsp3) is 0.462. The van der Waals surface area contributed by atoms with Crippen LogP contribution in [0.2, 0.25) is 0 Å². The van der Waals surface area contributed by atoms with E-state index in [1.807, 2.05) is 6.07 Å². The SMILES string of the molecule is NC(c1cc2c(cc1F)NC(=O)CC2)C1CC1. The molecule has 0 spiro atoms. The number of anilines is 1. The summed E-state index contributed by atoms with van der Waals surface area (Å²) in [7, 11) is 0. The predicted molar refractivity (Wildman–Crippen MR) is 63.0 cm³/mol. The van der Waals surface area contributed by atoms with Gasteiger partial charge in [-0.15, -0.1) is 0 Å². The van der Waals surface area contributed by atoms with Crippen molar-refractivity contribution in [3.05, 3.63) is 29.1 Å². The Kier molecular flexibility index (Phi) is 2.40. The summed E-state index contributed by atoms with van der Waals surface area (Å²) in [5, 5.41) is 2.69. The molecule has 90 valence electrons. The molecule has 4 heteroatoms. The summed E-state index contributed by atoms with van der Waals surface area (Å²) in [6.07, 6.45) is 3.32. The molecule has 0 saturated heterocycles. The summed E-state index contributed by atoms with van der Waals surface area (Å²) in [5.41, 5.74) is 8.23. The number of halogens is 1. The fourth-order valence-corrected chi connectivity index (χ4v) is 2.39. The lowest BCUT2D eigenvalue weighted by Gasteiger charge is -2.20. The van der Waals surface area contributed by atoms with Crippen molar-refractivity contribution in [2.75, 3.05) is 5.32 Å². The van der Waals surface area contributed by atoms with Crippen LogP contribution in [-0.4, -0.2) is 5.91 Å². The number of hydrogen-bond acceptors (Lipinski definition) is 2. The third-order valence-corrected chi connectivity index (χ3v) is 3.61. The van der Waals surface area contributed by atoms with Gasteiger partial charge in [0.15, 0.2) is 0 Å². The summed E-state index contributed by atoms with van der Waals surface area (Å²) < 4.78 is 13.9. The van der Waals surface area contributed by atoms with Gasteiger partial charge < -0.3 is 11.1 Å². The molecule has 1 fully saturated rings. The van der Waals surface area contributed by atoms with Crippen molar-refractivity contribution in [2.24, 2.45) is 11.7 Å². The number of carbonyl (C=O) groups excluding carboxylic acids is 1. The lowest BCUT2D eigenvalue weighted by Crippen LogP contribution is -2.21. The van der Waals surface area contributed by atoms with Crippen LogP contribution in [0.3, 0.4) is 0 Å². The van der Waals surface area contributed by atoms with Gasteiger partial charge in [0.05, 0.1) is 0 Å². The van der Waals surface area contributed by atoms with Crippen LogP contribution in [0.15, 0.2) is 12.1 Å². The standard InChI is InChI=1S/C13H15FN2O/c14-10-6-11-8(3-4-12(17)16-11)5-9(10)13(15)7-1-2-7/h5-7,13H,1-4,15H2,(H,16,17). The number of fused-ring (bicyclic) bond motifs is 1. The fourth-order valence-electron chi connectivity index (χ4n) is 2.39. The quantitative estimate of drug-likeness (QED) is 0.823. The minimum atomic E-state index is -0.301. The average molecular weight is 234 g/mol. The minimum absolute atomic E-state index is 0.0452. The number of hydrogen-bond donors (Lipinski definition) is 2. The Labute approximate surface area is 99.2 Å². The van der Waals surface area contributed by atoms with Crippen LogP contribution in [-0.2, 0) is 11.2 Å². The molecule has 0 radical (unpaired) electrons. The number of benzene rings is 1. The van der Waals surface area contributed by atoms with E-state index in [2.05, 4.69) is 5.32 Å². The Hall–Kier alpha value is -1.42. The summed E-state index contributed by atoms with van der Waals surface area (Å²) in [5.74, 6) is 0.0854. The molecular weight excluding hydrogens is 219 g/mol. The van der Waals surface area contributed by atoms with Crippen molar-refractivity contribution in [2.45, 2.75) is 31.7 Å². The number of aryl methyl sites for hydroxylation is 1. The van der Waals surface area contributed by atoms with Gasteiger partial charge in [0.2, 0.25) is 5.91 Å². The van der Waals surface area contributed by atoms with Gasteiger partial charge in [0.25, 0.3) is 0 Å². The Morgan fingerprint density at radius 2 is 2.12 bits per heavy atom. The molecule has 1 amide bonds. The summed E-state index contributed by atoms with van der Waals surface area (Å²) in [6, 6.07) is 3.04. The third-order valence-electron chi connectivity index (χ3n) is 3.61. The van der Waals surface area contributed by atoms with E-state index in [4.69, 9.17) is 5.73 Å². The van der Waals surface area contributed by atoms with E-state index >= 15 is 0 Å². The van der Waals surface area contributed by atoms with Crippen molar-refractivity contribution in [3.63, 3.8) is 0 Å². The second-order valence-corrected chi connectivity index (χ2v) is 4.94. The lowest BCUT2D eigenvalue weighted by atomic mass is 9.95. The van der Waals surface area contributed by atoms with Gasteiger partial charge in [-0.25, -0.2) is 4.39 Å². The Balaban J connectivity index is 1.98. The van der Waals surface area contributed by atoms with E-state index in [-0.39, 0.29) is 17.8 Å². The molecule has 1 atom stereocenters. The van der Waals surface area contributed by atoms with Crippen molar-refractivity contribution < 1.29 is 9.18 Å². The van der Waals surface area contributed by atoms with Gasteiger partial charge in [0, 0.05) is 23.7 Å². The zero-order valence-electron chi connectivity index (χ0n) is 9.50. The molecule has 1 aromatic rings. The molecule has 17 heavy (non-hydrogen) atoms. The van der Waals surface area contributed by atoms with Gasteiger partial charge in [0.1, 0.15) is 5.82 Å². The normalized spacial score (nSPS) is 20.7. The van der Waals surface area contributed by atoms with Crippen LogP contribution < -0.4 is 11.1 Å². The summed E-state index contributed by atoms with van der Waals surface area (Å²) in [4.78, 5) is 11.2. The maximum absolute atomic E-state index is 13.9. The molecule has 1 unspecified atom stereocenters. The van der Waals surface area contributed by atoms with Gasteiger partial charge in [-0.05, 0) is 42.9 Å². The summed E-state index contributed by atoms with van der Waals surface area (Å²) in [6.45, 7) is 0. The highest BCUT2D eigenvalue weighted by atomic mass is 19.1. The first-order chi connectivity index (χ1) is 8.15. The molecule has 0 bridgehead atoms. The van der Waals surface area contributed by atoms with Gasteiger partial charge in [-0.2, -0.15) is 0 Å². The monoisotopic (exact) mass is 234 g/mol. The van der Waals surface area contributed by atoms with Crippen molar-refractivity contribution in [3.8, 4) is 0 Å². The molecule has 1 aromatic carbocycles. The van der Waals surface area contributed by atoms with Gasteiger partial charge in [-0.3, -0.25) is 4.79 Å². The van der Waals surface area contributed by atoms with Gasteiger partial charge in [-0.1, -0.05) is 0 Å². The van der Waals surface area contributed by atoms with E-state index in [9.17, 15) is 9.18 Å². The Morgan fingerprint density at radius 3 is 2.82 bits per heavy atom. The zero-order valence-corrected chi connectivity index (χ0v) is 9.50. The first kappa shape index (κ1) is 10.7. The van der Waals surface area contributed by atoms with E-state index in [1.54, 1.807) is 0 Å². The van der Waals surface area contributed by atoms with Crippen LogP contribution in [0.25, 0.3) is 0 Å². The number of amides is 1. The molecule has 3 rings (SSSR count). The predicted octanol–water partition coefficient (Wildman–Crippen LogP) is 2.12. The Bertz CT molecular complexity index is 483. The first-order valence-corrected chi connectivity index (χ1v) is 6.03. The molecule has 3 nitrogen and oxygen atoms in total. The van der Waals surface area contributed by atoms with Crippen molar-refractivity contribution in [1.82, 2.24) is 0 Å². The van der Waals surface area contributed by atoms with Crippen molar-refractivity contribution in [1.29, 1.82) is 0 Å². The highest BCUT2D eigenvalue weighted by Gasteiger charge is 2.32. The minimum Gasteiger partial charge on any atom is -0.326 e. The molecule has 3 N–H and O–H groups in total. The molecule has 1 aliphatic carbocycles. The van der Waals surface area contributed by atoms with E-state index in [0.717, 1.165) is 18.4 Å². The third kappa shape index (κ3) is 1.93. The van der Waals surface area contributed by atoms with E-state index in [1.165, 1.54) is 6.07 Å². The van der Waals surface area contributed by atoms with Crippen molar-refractivity contribution >= 4 is 11.6 Å². The number of nitrogens with one attached hydrogen (secondary N) is 1. The maximum Gasteiger partial charge on any atom is 0.224 e. The molecule has 1 saturated carbocycles. The van der Waals surface area contributed by atoms with Crippen LogP contribution in [0.1, 0.15) is 36.4 Å². The van der Waals surface area contributed by atoms with Crippen LogP contribution in [0.5, 0.6) is 0 Å². The number of rotatable bonds is 2. The lowest BCUT2D eigenvalue weighted by molar-refractivity contribution is -0.116. The number of carbonyl (C=O) groups is 1. The molecule has 1 heterocycles. The second kappa shape index (κ2) is 3.81. The smallest absolute Gasteiger partial charge is 0.224 e. The maximum atomic E-state index is 13.9. The molecular formula is C13H15FN2O. The van der Waals surface area contributed by atoms with Gasteiger partial charge >= 0.3 is 0 Å². The highest BCUT2D eigenvalue weighted by Crippen LogP contribution is 2.41. The molecule has 0 aromatic heterocycles. The highest BCUT2D eigenvalue weighted by molar-refractivity contribution is 5.93. The van der Waals surface area contributed by atoms with E-state index in [0.29, 0.717) is 30.0 Å². The largest absolute Gasteiger partial charge is 0.326 e. The summed E-state index contributed by atoms with van der Waals surface area (Å²) >= 11 is 0. The molecule has 2 aliphatic rings. The van der Waals surface area contributed by atoms with Crippen LogP contribution in [0.4, 0.5) is 10.1 Å². The van der Waals surface area contributed by atoms with Crippen LogP contribution in [0, 0.1) is 11.7 Å². The zero-order chi connectivity index (χ0) is 12.0. The Morgan fingerprint density at radius 1 is 1.35 bits per heavy atom. The number of nitrogens with two attached hydrogens (primary N) is 1. The topological polar surface area (TPSA) is 55.1 Å². The average Bonchev–Trinajstić information content (AvgIpc) is 3.11. The second-order valence-electron chi connectivity index (χ2n) is 4.94. The van der Waals surface area contributed by atoms with Crippen LogP contribution >= 0.6 is 0 Å².